The largest absolute Gasteiger partial charge is 0.372 e. The van der Waals surface area contributed by atoms with Crippen molar-refractivity contribution in [1.29, 1.82) is 0 Å². The summed E-state index contributed by atoms with van der Waals surface area (Å²) in [6, 6.07) is 35.0. The molecule has 1 aliphatic rings. The van der Waals surface area contributed by atoms with E-state index in [1.165, 1.54) is 0 Å². The number of amides is 1. The Labute approximate surface area is 175 Å². The fourth-order valence-corrected chi connectivity index (χ4v) is 4.19. The van der Waals surface area contributed by atoms with Crippen molar-refractivity contribution in [3.05, 3.63) is 126 Å². The van der Waals surface area contributed by atoms with Gasteiger partial charge in [-0.25, -0.2) is 0 Å². The molecule has 0 bridgehead atoms. The lowest BCUT2D eigenvalue weighted by atomic mass is 9.86. The number of hydrogen-bond acceptors (Lipinski definition) is 2. The first kappa shape index (κ1) is 18.3. The number of nitrogens with zero attached hydrogens (tertiary/aromatic N) is 1. The van der Waals surface area contributed by atoms with Crippen molar-refractivity contribution in [1.82, 2.24) is 0 Å². The van der Waals surface area contributed by atoms with E-state index in [0.717, 1.165) is 22.4 Å². The predicted octanol–water partition coefficient (Wildman–Crippen LogP) is 5.14. The maximum Gasteiger partial charge on any atom is 0.268 e. The summed E-state index contributed by atoms with van der Waals surface area (Å²) in [5.74, 6) is -0.322. The zero-order chi connectivity index (χ0) is 20.6. The van der Waals surface area contributed by atoms with E-state index in [2.05, 4.69) is 0 Å². The topological polar surface area (TPSA) is 40.5 Å². The van der Waals surface area contributed by atoms with E-state index < -0.39 is 5.60 Å². The van der Waals surface area contributed by atoms with Crippen LogP contribution in [0.1, 0.15) is 16.7 Å². The van der Waals surface area contributed by atoms with Crippen LogP contribution in [-0.2, 0) is 16.9 Å². The molecule has 1 unspecified atom stereocenters. The fourth-order valence-electron chi connectivity index (χ4n) is 4.19. The molecule has 0 aliphatic carbocycles. The minimum atomic E-state index is -1.71. The highest BCUT2D eigenvalue weighted by Crippen LogP contribution is 2.45. The molecular weight excluding hydrogens is 370 g/mol. The Morgan fingerprint density at radius 3 is 2.10 bits per heavy atom. The molecule has 1 amide bonds. The summed E-state index contributed by atoms with van der Waals surface area (Å²) in [6.07, 6.45) is 0. The van der Waals surface area contributed by atoms with Crippen LogP contribution in [0.4, 0.5) is 5.69 Å². The number of para-hydroxylation sites is 1. The molecule has 146 valence electrons. The quantitative estimate of drug-likeness (QED) is 0.523. The van der Waals surface area contributed by atoms with Gasteiger partial charge in [-0.3, -0.25) is 4.79 Å². The third-order valence-electron chi connectivity index (χ3n) is 5.71. The number of anilines is 1. The first-order valence-corrected chi connectivity index (χ1v) is 10.0. The zero-order valence-corrected chi connectivity index (χ0v) is 16.4. The van der Waals surface area contributed by atoms with Crippen molar-refractivity contribution in [3.8, 4) is 11.1 Å². The van der Waals surface area contributed by atoms with Crippen LogP contribution < -0.4 is 4.90 Å². The summed E-state index contributed by atoms with van der Waals surface area (Å²) in [4.78, 5) is 15.3. The van der Waals surface area contributed by atoms with Crippen LogP contribution in [0.25, 0.3) is 11.1 Å². The van der Waals surface area contributed by atoms with Gasteiger partial charge in [-0.2, -0.15) is 0 Å². The van der Waals surface area contributed by atoms with Gasteiger partial charge < -0.3 is 10.0 Å². The van der Waals surface area contributed by atoms with Crippen molar-refractivity contribution >= 4 is 11.6 Å². The average Bonchev–Trinajstić information content (AvgIpc) is 3.03. The van der Waals surface area contributed by atoms with E-state index in [0.29, 0.717) is 17.7 Å². The molecule has 1 aliphatic heterocycles. The third-order valence-corrected chi connectivity index (χ3v) is 5.71. The van der Waals surface area contributed by atoms with Crippen LogP contribution >= 0.6 is 0 Å². The molecule has 3 nitrogen and oxygen atoms in total. The molecule has 0 aromatic heterocycles. The second-order valence-electron chi connectivity index (χ2n) is 7.55. The molecule has 0 fully saturated rings. The van der Waals surface area contributed by atoms with Crippen molar-refractivity contribution < 1.29 is 9.90 Å². The van der Waals surface area contributed by atoms with Crippen LogP contribution in [0.2, 0.25) is 0 Å². The van der Waals surface area contributed by atoms with Gasteiger partial charge in [0, 0.05) is 5.56 Å². The van der Waals surface area contributed by atoms with Gasteiger partial charge in [0.2, 0.25) is 0 Å². The molecule has 0 saturated heterocycles. The van der Waals surface area contributed by atoms with Gasteiger partial charge in [0.15, 0.2) is 5.60 Å². The van der Waals surface area contributed by atoms with Gasteiger partial charge in [-0.05, 0) is 34.4 Å². The number of hydrogen-bond donors (Lipinski definition) is 1. The molecule has 4 aromatic carbocycles. The lowest BCUT2D eigenvalue weighted by Gasteiger charge is -2.24. The molecule has 0 saturated carbocycles. The summed E-state index contributed by atoms with van der Waals surface area (Å²) < 4.78 is 0. The summed E-state index contributed by atoms with van der Waals surface area (Å²) in [5.41, 5.74) is 3.27. The van der Waals surface area contributed by atoms with E-state index in [1.807, 2.05) is 109 Å². The average molecular weight is 391 g/mol. The molecule has 0 spiro atoms. The normalized spacial score (nSPS) is 17.8. The van der Waals surface area contributed by atoms with Gasteiger partial charge in [0.05, 0.1) is 12.2 Å². The van der Waals surface area contributed by atoms with Gasteiger partial charge in [0.1, 0.15) is 0 Å². The highest BCUT2D eigenvalue weighted by Gasteiger charge is 2.50. The van der Waals surface area contributed by atoms with Crippen molar-refractivity contribution in [2.45, 2.75) is 12.1 Å². The number of benzene rings is 4. The van der Waals surface area contributed by atoms with Crippen LogP contribution in [0, 0.1) is 0 Å². The molecule has 0 radical (unpaired) electrons. The van der Waals surface area contributed by atoms with Gasteiger partial charge in [-0.15, -0.1) is 0 Å². The Hall–Kier alpha value is -3.69. The Morgan fingerprint density at radius 1 is 0.700 bits per heavy atom. The smallest absolute Gasteiger partial charge is 0.268 e. The molecule has 1 atom stereocenters. The zero-order valence-electron chi connectivity index (χ0n) is 16.4. The maximum atomic E-state index is 13.6. The highest BCUT2D eigenvalue weighted by atomic mass is 16.3. The highest BCUT2D eigenvalue weighted by molar-refractivity contribution is 6.09. The van der Waals surface area contributed by atoms with Crippen molar-refractivity contribution in [3.63, 3.8) is 0 Å². The third kappa shape index (κ3) is 2.92. The van der Waals surface area contributed by atoms with E-state index in [4.69, 9.17) is 0 Å². The minimum Gasteiger partial charge on any atom is -0.372 e. The Balaban J connectivity index is 1.61. The SMILES string of the molecule is O=C1N(Cc2ccccc2)c2ccccc2C1(O)c1cccc(-c2ccccc2)c1. The first-order valence-electron chi connectivity index (χ1n) is 10.0. The van der Waals surface area contributed by atoms with E-state index in [-0.39, 0.29) is 5.91 Å². The van der Waals surface area contributed by atoms with E-state index in [1.54, 1.807) is 4.90 Å². The van der Waals surface area contributed by atoms with Gasteiger partial charge in [-0.1, -0.05) is 97.1 Å². The summed E-state index contributed by atoms with van der Waals surface area (Å²) >= 11 is 0. The monoisotopic (exact) mass is 391 g/mol. The first-order chi connectivity index (χ1) is 14.7. The van der Waals surface area contributed by atoms with Crippen LogP contribution in [0.5, 0.6) is 0 Å². The van der Waals surface area contributed by atoms with Crippen LogP contribution in [0.15, 0.2) is 109 Å². The minimum absolute atomic E-state index is 0.322. The molecular formula is C27H21NO2. The lowest BCUT2D eigenvalue weighted by Crippen LogP contribution is -2.40. The Kier molecular flexibility index (Phi) is 4.46. The predicted molar refractivity (Wildman–Crippen MR) is 119 cm³/mol. The van der Waals surface area contributed by atoms with Crippen molar-refractivity contribution in [2.75, 3.05) is 4.90 Å². The van der Waals surface area contributed by atoms with Gasteiger partial charge in [0.25, 0.3) is 5.91 Å². The molecule has 30 heavy (non-hydrogen) atoms. The lowest BCUT2D eigenvalue weighted by molar-refractivity contribution is -0.132. The maximum absolute atomic E-state index is 13.6. The molecule has 5 rings (SSSR count). The molecule has 1 N–H and O–H groups in total. The van der Waals surface area contributed by atoms with E-state index >= 15 is 0 Å². The number of aliphatic hydroxyl groups is 1. The van der Waals surface area contributed by atoms with Crippen LogP contribution in [-0.4, -0.2) is 11.0 Å². The summed E-state index contributed by atoms with van der Waals surface area (Å²) in [7, 11) is 0. The number of carbonyl (C=O) groups excluding carboxylic acids is 1. The fraction of sp³-hybridized carbons (Fsp3) is 0.0741. The van der Waals surface area contributed by atoms with Crippen molar-refractivity contribution in [2.24, 2.45) is 0 Å². The Morgan fingerprint density at radius 2 is 1.33 bits per heavy atom. The second-order valence-corrected chi connectivity index (χ2v) is 7.55. The number of fused-ring (bicyclic) bond motifs is 1. The van der Waals surface area contributed by atoms with Gasteiger partial charge >= 0.3 is 0 Å². The van der Waals surface area contributed by atoms with E-state index in [9.17, 15) is 9.90 Å². The summed E-state index contributed by atoms with van der Waals surface area (Å²) in [5, 5.41) is 11.8. The van der Waals surface area contributed by atoms with Crippen LogP contribution in [0.3, 0.4) is 0 Å². The molecule has 4 aromatic rings. The Bertz CT molecular complexity index is 1200. The number of carbonyl (C=O) groups is 1. The molecule has 3 heteroatoms. The number of rotatable bonds is 4. The summed E-state index contributed by atoms with van der Waals surface area (Å²) in [6.45, 7) is 0.414. The standard InChI is InChI=1S/C27H21NO2/c29-26-27(30,23-15-9-14-22(18-23)21-12-5-2-6-13-21)24-16-7-8-17-25(24)28(26)19-20-10-3-1-4-11-20/h1-18,30H,19H2. The molecule has 1 heterocycles. The second kappa shape index (κ2) is 7.29.